The highest BCUT2D eigenvalue weighted by atomic mass is 16.5. The molecule has 100 valence electrons. The van der Waals surface area contributed by atoms with Crippen LogP contribution in [0.4, 0.5) is 0 Å². The molecule has 1 saturated heterocycles. The van der Waals surface area contributed by atoms with E-state index < -0.39 is 5.92 Å². The number of amides is 1. The molecule has 0 bridgehead atoms. The molecule has 1 amide bonds. The van der Waals surface area contributed by atoms with Gasteiger partial charge in [-0.2, -0.15) is 5.26 Å². The van der Waals surface area contributed by atoms with Crippen molar-refractivity contribution in [2.75, 3.05) is 19.7 Å². The molecule has 0 aliphatic carbocycles. The minimum Gasteiger partial charge on any atom is -0.377 e. The summed E-state index contributed by atoms with van der Waals surface area (Å²) in [6.07, 6.45) is 0.852. The number of hydrogen-bond donors (Lipinski definition) is 0. The van der Waals surface area contributed by atoms with Crippen LogP contribution in [0.2, 0.25) is 0 Å². The Labute approximate surface area is 113 Å². The second-order valence-electron chi connectivity index (χ2n) is 4.79. The van der Waals surface area contributed by atoms with Crippen LogP contribution in [0.3, 0.4) is 0 Å². The van der Waals surface area contributed by atoms with Crippen LogP contribution in [-0.2, 0) is 9.53 Å². The van der Waals surface area contributed by atoms with E-state index in [1.54, 1.807) is 4.90 Å². The lowest BCUT2D eigenvalue weighted by atomic mass is 9.99. The lowest BCUT2D eigenvalue weighted by Crippen LogP contribution is -2.38. The van der Waals surface area contributed by atoms with Crippen molar-refractivity contribution in [3.63, 3.8) is 0 Å². The van der Waals surface area contributed by atoms with Crippen LogP contribution in [-0.4, -0.2) is 36.6 Å². The Morgan fingerprint density at radius 3 is 2.89 bits per heavy atom. The maximum Gasteiger partial charge on any atom is 0.244 e. The van der Waals surface area contributed by atoms with Gasteiger partial charge >= 0.3 is 0 Å². The molecule has 0 N–H and O–H groups in total. The summed E-state index contributed by atoms with van der Waals surface area (Å²) in [5.74, 6) is -0.836. The van der Waals surface area contributed by atoms with Gasteiger partial charge in [0.1, 0.15) is 5.92 Å². The van der Waals surface area contributed by atoms with Gasteiger partial charge < -0.3 is 9.64 Å². The first-order valence-electron chi connectivity index (χ1n) is 6.57. The molecule has 0 saturated carbocycles. The second kappa shape index (κ2) is 6.35. The van der Waals surface area contributed by atoms with Gasteiger partial charge in [-0.25, -0.2) is 0 Å². The average Bonchev–Trinajstić information content (AvgIpc) is 2.65. The second-order valence-corrected chi connectivity index (χ2v) is 4.79. The van der Waals surface area contributed by atoms with Crippen molar-refractivity contribution in [3.05, 3.63) is 35.9 Å². The fourth-order valence-electron chi connectivity index (χ4n) is 2.29. The predicted molar refractivity (Wildman–Crippen MR) is 71.4 cm³/mol. The van der Waals surface area contributed by atoms with Crippen LogP contribution >= 0.6 is 0 Å². The molecule has 1 aliphatic rings. The van der Waals surface area contributed by atoms with E-state index in [-0.39, 0.29) is 12.0 Å². The van der Waals surface area contributed by atoms with Gasteiger partial charge in [0.25, 0.3) is 0 Å². The molecule has 1 aliphatic heterocycles. The summed E-state index contributed by atoms with van der Waals surface area (Å²) in [6, 6.07) is 11.3. The van der Waals surface area contributed by atoms with Gasteiger partial charge in [0, 0.05) is 19.7 Å². The highest BCUT2D eigenvalue weighted by Crippen LogP contribution is 2.19. The number of ether oxygens (including phenoxy) is 1. The standard InChI is InChI=1S/C15H18N2O2/c1-12-11-17(8-5-9-19-12)15(18)14(10-16)13-6-3-2-4-7-13/h2-4,6-7,12,14H,5,8-9,11H2,1H3. The van der Waals surface area contributed by atoms with E-state index in [9.17, 15) is 10.1 Å². The molecule has 4 heteroatoms. The smallest absolute Gasteiger partial charge is 0.244 e. The third-order valence-electron chi connectivity index (χ3n) is 3.27. The molecular weight excluding hydrogens is 240 g/mol. The Kier molecular flexibility index (Phi) is 4.53. The topological polar surface area (TPSA) is 53.3 Å². The van der Waals surface area contributed by atoms with E-state index in [0.717, 1.165) is 12.0 Å². The molecule has 1 aromatic carbocycles. The van der Waals surface area contributed by atoms with Crippen LogP contribution in [0.15, 0.2) is 30.3 Å². The number of benzene rings is 1. The van der Waals surface area contributed by atoms with Gasteiger partial charge in [0.05, 0.1) is 12.2 Å². The van der Waals surface area contributed by atoms with Gasteiger partial charge in [0.2, 0.25) is 5.91 Å². The number of carbonyl (C=O) groups excluding carboxylic acids is 1. The number of nitriles is 1. The lowest BCUT2D eigenvalue weighted by Gasteiger charge is -2.24. The molecule has 19 heavy (non-hydrogen) atoms. The lowest BCUT2D eigenvalue weighted by molar-refractivity contribution is -0.132. The molecule has 2 unspecified atom stereocenters. The highest BCUT2D eigenvalue weighted by molar-refractivity contribution is 5.86. The third-order valence-corrected chi connectivity index (χ3v) is 3.27. The zero-order valence-corrected chi connectivity index (χ0v) is 11.1. The van der Waals surface area contributed by atoms with Crippen LogP contribution in [0.25, 0.3) is 0 Å². The SMILES string of the molecule is CC1CN(C(=O)C(C#N)c2ccccc2)CCCO1. The molecule has 0 spiro atoms. The van der Waals surface area contributed by atoms with E-state index in [4.69, 9.17) is 4.74 Å². The molecule has 1 aromatic rings. The monoisotopic (exact) mass is 258 g/mol. The first-order chi connectivity index (χ1) is 9.22. The minimum atomic E-state index is -0.716. The van der Waals surface area contributed by atoms with Gasteiger partial charge in [0.15, 0.2) is 0 Å². The van der Waals surface area contributed by atoms with E-state index in [1.165, 1.54) is 0 Å². The summed E-state index contributed by atoms with van der Waals surface area (Å²) in [5, 5.41) is 9.29. The Morgan fingerprint density at radius 2 is 2.21 bits per heavy atom. The van der Waals surface area contributed by atoms with E-state index in [1.807, 2.05) is 37.3 Å². The van der Waals surface area contributed by atoms with Crippen molar-refractivity contribution in [2.45, 2.75) is 25.4 Å². The van der Waals surface area contributed by atoms with Crippen LogP contribution in [0, 0.1) is 11.3 Å². The van der Waals surface area contributed by atoms with Gasteiger partial charge in [-0.05, 0) is 18.9 Å². The third kappa shape index (κ3) is 3.33. The van der Waals surface area contributed by atoms with Gasteiger partial charge in [-0.3, -0.25) is 4.79 Å². The average molecular weight is 258 g/mol. The van der Waals surface area contributed by atoms with Crippen molar-refractivity contribution >= 4 is 5.91 Å². The molecular formula is C15H18N2O2. The molecule has 0 aromatic heterocycles. The fraction of sp³-hybridized carbons (Fsp3) is 0.467. The summed E-state index contributed by atoms with van der Waals surface area (Å²) in [7, 11) is 0. The van der Waals surface area contributed by atoms with Crippen molar-refractivity contribution in [3.8, 4) is 6.07 Å². The number of carbonyl (C=O) groups is 1. The zero-order chi connectivity index (χ0) is 13.7. The minimum absolute atomic E-state index is 0.0292. The summed E-state index contributed by atoms with van der Waals surface area (Å²) in [4.78, 5) is 14.2. The fourth-order valence-corrected chi connectivity index (χ4v) is 2.29. The number of nitrogens with zero attached hydrogens (tertiary/aromatic N) is 2. The van der Waals surface area contributed by atoms with Gasteiger partial charge in [-0.15, -0.1) is 0 Å². The largest absolute Gasteiger partial charge is 0.377 e. The number of rotatable bonds is 2. The summed E-state index contributed by atoms with van der Waals surface area (Å²) in [5.41, 5.74) is 0.757. The van der Waals surface area contributed by atoms with Crippen molar-refractivity contribution in [1.82, 2.24) is 4.90 Å². The molecule has 2 atom stereocenters. The Bertz CT molecular complexity index is 467. The summed E-state index contributed by atoms with van der Waals surface area (Å²) in [6.45, 7) is 3.85. The number of hydrogen-bond acceptors (Lipinski definition) is 3. The summed E-state index contributed by atoms with van der Waals surface area (Å²) < 4.78 is 5.53. The maximum absolute atomic E-state index is 12.5. The van der Waals surface area contributed by atoms with Crippen LogP contribution in [0.5, 0.6) is 0 Å². The normalized spacial score (nSPS) is 21.3. The quantitative estimate of drug-likeness (QED) is 0.814. The molecule has 1 fully saturated rings. The Balaban J connectivity index is 2.15. The van der Waals surface area contributed by atoms with Crippen molar-refractivity contribution in [2.24, 2.45) is 0 Å². The molecule has 1 heterocycles. The highest BCUT2D eigenvalue weighted by Gasteiger charge is 2.27. The van der Waals surface area contributed by atoms with E-state index in [2.05, 4.69) is 6.07 Å². The van der Waals surface area contributed by atoms with Gasteiger partial charge in [-0.1, -0.05) is 30.3 Å². The molecule has 2 rings (SSSR count). The van der Waals surface area contributed by atoms with Crippen molar-refractivity contribution < 1.29 is 9.53 Å². The first-order valence-corrected chi connectivity index (χ1v) is 6.57. The maximum atomic E-state index is 12.5. The first kappa shape index (κ1) is 13.6. The van der Waals surface area contributed by atoms with Crippen LogP contribution in [0.1, 0.15) is 24.8 Å². The zero-order valence-electron chi connectivity index (χ0n) is 11.1. The van der Waals surface area contributed by atoms with E-state index >= 15 is 0 Å². The van der Waals surface area contributed by atoms with Crippen LogP contribution < -0.4 is 0 Å². The predicted octanol–water partition coefficient (Wildman–Crippen LogP) is 1.93. The summed E-state index contributed by atoms with van der Waals surface area (Å²) >= 11 is 0. The molecule has 4 nitrogen and oxygen atoms in total. The Hall–Kier alpha value is -1.86. The molecule has 0 radical (unpaired) electrons. The van der Waals surface area contributed by atoms with Crippen molar-refractivity contribution in [1.29, 1.82) is 5.26 Å². The Morgan fingerprint density at radius 1 is 1.47 bits per heavy atom. The van der Waals surface area contributed by atoms with E-state index in [0.29, 0.717) is 19.7 Å².